The average molecular weight is 258 g/mol. The van der Waals surface area contributed by atoms with Gasteiger partial charge < -0.3 is 5.73 Å². The van der Waals surface area contributed by atoms with Crippen LogP contribution in [0.3, 0.4) is 0 Å². The van der Waals surface area contributed by atoms with Crippen LogP contribution in [-0.2, 0) is 0 Å². The molecule has 2 N–H and O–H groups in total. The van der Waals surface area contributed by atoms with Gasteiger partial charge in [-0.2, -0.15) is 0 Å². The molecule has 0 bridgehead atoms. The van der Waals surface area contributed by atoms with E-state index < -0.39 is 0 Å². The lowest BCUT2D eigenvalue weighted by Gasteiger charge is -2.36. The molecule has 0 aliphatic heterocycles. The Morgan fingerprint density at radius 2 is 2.21 bits per heavy atom. The summed E-state index contributed by atoms with van der Waals surface area (Å²) < 4.78 is 14.4. The van der Waals surface area contributed by atoms with E-state index in [1.165, 1.54) is 6.07 Å². The monoisotopic (exact) mass is 257 g/mol. The van der Waals surface area contributed by atoms with Crippen LogP contribution in [0.1, 0.15) is 24.3 Å². The first-order valence-corrected chi connectivity index (χ1v) is 5.66. The fourth-order valence-electron chi connectivity index (χ4n) is 2.06. The van der Waals surface area contributed by atoms with Crippen molar-refractivity contribution in [2.24, 2.45) is 11.7 Å². The molecule has 0 spiro atoms. The summed E-state index contributed by atoms with van der Waals surface area (Å²) in [5.74, 6) is 0.702. The summed E-state index contributed by atoms with van der Waals surface area (Å²) in [5.41, 5.74) is 6.44. The van der Waals surface area contributed by atoms with E-state index in [-0.39, 0.29) is 5.82 Å². The standard InChI is InChI=1S/C11H13BrFN/c12-8-2-4-11(13)10(5-8)9-3-1-7(9)6-14/h2,4-5,7,9H,1,3,6,14H2. The van der Waals surface area contributed by atoms with Crippen LogP contribution in [0.5, 0.6) is 0 Å². The number of rotatable bonds is 2. The molecule has 0 aromatic heterocycles. The van der Waals surface area contributed by atoms with Gasteiger partial charge in [-0.3, -0.25) is 0 Å². The van der Waals surface area contributed by atoms with E-state index in [1.807, 2.05) is 6.07 Å². The predicted octanol–water partition coefficient (Wildman–Crippen LogP) is 3.04. The van der Waals surface area contributed by atoms with Gasteiger partial charge in [0.1, 0.15) is 5.82 Å². The molecule has 0 saturated heterocycles. The van der Waals surface area contributed by atoms with E-state index in [4.69, 9.17) is 5.73 Å². The Kier molecular flexibility index (Phi) is 2.88. The molecule has 0 radical (unpaired) electrons. The van der Waals surface area contributed by atoms with Crippen molar-refractivity contribution in [1.29, 1.82) is 0 Å². The molecule has 1 aliphatic carbocycles. The minimum atomic E-state index is -0.101. The summed E-state index contributed by atoms with van der Waals surface area (Å²) >= 11 is 3.36. The summed E-state index contributed by atoms with van der Waals surface area (Å²) in [5, 5.41) is 0. The van der Waals surface area contributed by atoms with Crippen molar-refractivity contribution >= 4 is 15.9 Å². The molecule has 1 aliphatic rings. The Morgan fingerprint density at radius 3 is 2.79 bits per heavy atom. The SMILES string of the molecule is NCC1CCC1c1cc(Br)ccc1F. The highest BCUT2D eigenvalue weighted by molar-refractivity contribution is 9.10. The zero-order valence-electron chi connectivity index (χ0n) is 7.84. The van der Waals surface area contributed by atoms with Crippen LogP contribution in [0.4, 0.5) is 4.39 Å². The van der Waals surface area contributed by atoms with Gasteiger partial charge in [0.2, 0.25) is 0 Å². The van der Waals surface area contributed by atoms with Gasteiger partial charge in [0, 0.05) is 4.47 Å². The zero-order valence-corrected chi connectivity index (χ0v) is 9.43. The third kappa shape index (κ3) is 1.71. The molecule has 2 unspecified atom stereocenters. The van der Waals surface area contributed by atoms with Crippen LogP contribution in [0.15, 0.2) is 22.7 Å². The van der Waals surface area contributed by atoms with E-state index in [2.05, 4.69) is 15.9 Å². The van der Waals surface area contributed by atoms with Crippen LogP contribution < -0.4 is 5.73 Å². The Hall–Kier alpha value is -0.410. The smallest absolute Gasteiger partial charge is 0.126 e. The third-order valence-corrected chi connectivity index (χ3v) is 3.57. The molecule has 1 fully saturated rings. The van der Waals surface area contributed by atoms with Crippen LogP contribution in [0.2, 0.25) is 0 Å². The lowest BCUT2D eigenvalue weighted by atomic mass is 9.70. The molecule has 1 nitrogen and oxygen atoms in total. The van der Waals surface area contributed by atoms with Crippen LogP contribution >= 0.6 is 15.9 Å². The summed E-state index contributed by atoms with van der Waals surface area (Å²) in [6.07, 6.45) is 2.20. The first-order valence-electron chi connectivity index (χ1n) is 4.87. The van der Waals surface area contributed by atoms with Crippen molar-refractivity contribution in [2.75, 3.05) is 6.54 Å². The molecule has 3 heteroatoms. The van der Waals surface area contributed by atoms with Crippen molar-refractivity contribution in [1.82, 2.24) is 0 Å². The Labute approximate surface area is 91.6 Å². The van der Waals surface area contributed by atoms with Gasteiger partial charge >= 0.3 is 0 Å². The van der Waals surface area contributed by atoms with Crippen LogP contribution in [0.25, 0.3) is 0 Å². The molecular weight excluding hydrogens is 245 g/mol. The summed E-state index contributed by atoms with van der Waals surface area (Å²) in [7, 11) is 0. The van der Waals surface area contributed by atoms with Crippen molar-refractivity contribution in [3.05, 3.63) is 34.1 Å². The highest BCUT2D eigenvalue weighted by Crippen LogP contribution is 2.43. The van der Waals surface area contributed by atoms with Crippen molar-refractivity contribution < 1.29 is 4.39 Å². The first-order chi connectivity index (χ1) is 6.72. The lowest BCUT2D eigenvalue weighted by Crippen LogP contribution is -2.31. The summed E-state index contributed by atoms with van der Waals surface area (Å²) in [6, 6.07) is 5.13. The molecular formula is C11H13BrFN. The van der Waals surface area contributed by atoms with Gasteiger partial charge in [0.05, 0.1) is 0 Å². The van der Waals surface area contributed by atoms with Crippen LogP contribution in [0, 0.1) is 11.7 Å². The number of hydrogen-bond donors (Lipinski definition) is 1. The fraction of sp³-hybridized carbons (Fsp3) is 0.455. The molecule has 0 amide bonds. The molecule has 76 valence electrons. The van der Waals surface area contributed by atoms with Crippen molar-refractivity contribution in [3.8, 4) is 0 Å². The molecule has 2 atom stereocenters. The number of halogens is 2. The molecule has 2 rings (SSSR count). The average Bonchev–Trinajstić information content (AvgIpc) is 2.10. The second kappa shape index (κ2) is 3.99. The summed E-state index contributed by atoms with van der Waals surface area (Å²) in [6.45, 7) is 0.663. The van der Waals surface area contributed by atoms with Crippen molar-refractivity contribution in [2.45, 2.75) is 18.8 Å². The molecule has 1 aromatic carbocycles. The van der Waals surface area contributed by atoms with Gasteiger partial charge in [-0.1, -0.05) is 15.9 Å². The highest BCUT2D eigenvalue weighted by Gasteiger charge is 2.32. The second-order valence-corrected chi connectivity index (χ2v) is 4.76. The maximum atomic E-state index is 13.5. The van der Waals surface area contributed by atoms with E-state index in [1.54, 1.807) is 6.07 Å². The molecule has 14 heavy (non-hydrogen) atoms. The largest absolute Gasteiger partial charge is 0.330 e. The van der Waals surface area contributed by atoms with E-state index >= 15 is 0 Å². The normalized spacial score (nSPS) is 25.9. The molecule has 0 heterocycles. The van der Waals surface area contributed by atoms with E-state index in [0.717, 1.165) is 22.9 Å². The Balaban J connectivity index is 2.27. The predicted molar refractivity (Wildman–Crippen MR) is 58.6 cm³/mol. The third-order valence-electron chi connectivity index (χ3n) is 3.08. The lowest BCUT2D eigenvalue weighted by molar-refractivity contribution is 0.257. The van der Waals surface area contributed by atoms with Crippen molar-refractivity contribution in [3.63, 3.8) is 0 Å². The minimum Gasteiger partial charge on any atom is -0.330 e. The first kappa shape index (κ1) is 10.1. The second-order valence-electron chi connectivity index (χ2n) is 3.85. The fourth-order valence-corrected chi connectivity index (χ4v) is 2.44. The molecule has 1 saturated carbocycles. The van der Waals surface area contributed by atoms with E-state index in [9.17, 15) is 4.39 Å². The van der Waals surface area contributed by atoms with Gasteiger partial charge in [-0.15, -0.1) is 0 Å². The number of benzene rings is 1. The highest BCUT2D eigenvalue weighted by atomic mass is 79.9. The zero-order chi connectivity index (χ0) is 10.1. The quantitative estimate of drug-likeness (QED) is 0.866. The number of nitrogens with two attached hydrogens (primary N) is 1. The number of hydrogen-bond acceptors (Lipinski definition) is 1. The van der Waals surface area contributed by atoms with Gasteiger partial charge in [0.25, 0.3) is 0 Å². The summed E-state index contributed by atoms with van der Waals surface area (Å²) in [4.78, 5) is 0. The van der Waals surface area contributed by atoms with E-state index in [0.29, 0.717) is 18.4 Å². The maximum Gasteiger partial charge on any atom is 0.126 e. The molecule has 1 aromatic rings. The van der Waals surface area contributed by atoms with Crippen LogP contribution in [-0.4, -0.2) is 6.54 Å². The Morgan fingerprint density at radius 1 is 1.43 bits per heavy atom. The van der Waals surface area contributed by atoms with Gasteiger partial charge in [-0.05, 0) is 55.0 Å². The topological polar surface area (TPSA) is 26.0 Å². The Bertz CT molecular complexity index is 338. The van der Waals surface area contributed by atoms with Gasteiger partial charge in [0.15, 0.2) is 0 Å². The van der Waals surface area contributed by atoms with Gasteiger partial charge in [-0.25, -0.2) is 4.39 Å². The minimum absolute atomic E-state index is 0.101. The maximum absolute atomic E-state index is 13.5.